The number of aliphatic hydroxyl groups is 2. The summed E-state index contributed by atoms with van der Waals surface area (Å²) in [6.07, 6.45) is -2.31. The lowest BCUT2D eigenvalue weighted by molar-refractivity contribution is -0.0227. The molecule has 0 aliphatic rings. The van der Waals surface area contributed by atoms with Gasteiger partial charge in [-0.15, -0.1) is 0 Å². The molecule has 0 aliphatic carbocycles. The highest BCUT2D eigenvalue weighted by atomic mass is 32.2. The molecule has 2 unspecified atom stereocenters. The first kappa shape index (κ1) is 13.8. The summed E-state index contributed by atoms with van der Waals surface area (Å²) in [5.41, 5.74) is 0. The molecule has 7 heteroatoms. The van der Waals surface area contributed by atoms with E-state index in [-0.39, 0.29) is 16.4 Å². The highest BCUT2D eigenvalue weighted by Gasteiger charge is 2.16. The van der Waals surface area contributed by atoms with Crippen LogP contribution in [-0.2, 0) is 10.7 Å². The molecular formula is C10H14O6S. The van der Waals surface area contributed by atoms with E-state index in [4.69, 9.17) is 19.7 Å². The van der Waals surface area contributed by atoms with Crippen LogP contribution in [0.25, 0.3) is 0 Å². The van der Waals surface area contributed by atoms with Crippen molar-refractivity contribution in [2.24, 2.45) is 0 Å². The molecule has 0 spiro atoms. The molecular weight excluding hydrogens is 248 g/mol. The molecule has 2 N–H and O–H groups in total. The third kappa shape index (κ3) is 3.88. The molecule has 1 aromatic rings. The van der Waals surface area contributed by atoms with Gasteiger partial charge in [-0.3, -0.25) is 0 Å². The Kier molecular flexibility index (Phi) is 4.73. The van der Waals surface area contributed by atoms with E-state index < -0.39 is 23.3 Å². The molecule has 1 aromatic carbocycles. The van der Waals surface area contributed by atoms with E-state index in [0.717, 1.165) is 0 Å². The summed E-state index contributed by atoms with van der Waals surface area (Å²) < 4.78 is 32.0. The lowest BCUT2D eigenvalue weighted by atomic mass is 10.3. The van der Waals surface area contributed by atoms with Crippen molar-refractivity contribution in [2.75, 3.05) is 0 Å². The summed E-state index contributed by atoms with van der Waals surface area (Å²) in [6, 6.07) is 4.21. The van der Waals surface area contributed by atoms with E-state index in [2.05, 4.69) is 0 Å². The van der Waals surface area contributed by atoms with Gasteiger partial charge >= 0.3 is 0 Å². The minimum atomic E-state index is -2.89. The van der Waals surface area contributed by atoms with Crippen LogP contribution in [0.1, 0.15) is 13.8 Å². The summed E-state index contributed by atoms with van der Waals surface area (Å²) in [7, 11) is -2.89. The number of hydrogen-bond donors (Lipinski definition) is 3. The fourth-order valence-corrected chi connectivity index (χ4v) is 1.75. The van der Waals surface area contributed by atoms with Crippen LogP contribution in [0.3, 0.4) is 0 Å². The molecule has 6 nitrogen and oxygen atoms in total. The topological polar surface area (TPSA) is 93.1 Å². The maximum atomic E-state index is 11.0. The number of aliphatic hydroxyl groups excluding tert-OH is 2. The lowest BCUT2D eigenvalue weighted by Gasteiger charge is -2.16. The Morgan fingerprint density at radius 2 is 1.71 bits per heavy atom. The summed E-state index contributed by atoms with van der Waals surface area (Å²) >= 11 is 0. The largest absolute Gasteiger partial charge is 0.462 e. The maximum Gasteiger partial charge on any atom is 0.194 e. The highest BCUT2D eigenvalue weighted by molar-refractivity contribution is 7.72. The average molecular weight is 262 g/mol. The minimum Gasteiger partial charge on any atom is -0.462 e. The number of rotatable bonds is 5. The second-order valence-electron chi connectivity index (χ2n) is 3.30. The first-order valence-corrected chi connectivity index (χ1v) is 6.06. The molecule has 0 aromatic heterocycles. The van der Waals surface area contributed by atoms with Crippen molar-refractivity contribution in [3.63, 3.8) is 0 Å². The molecule has 0 bridgehead atoms. The van der Waals surface area contributed by atoms with Gasteiger partial charge in [0.05, 0.1) is 0 Å². The predicted octanol–water partition coefficient (Wildman–Crippen LogP) is 0.0911. The summed E-state index contributed by atoms with van der Waals surface area (Å²) in [5, 5.41) is 18.2. The van der Waals surface area contributed by atoms with Crippen LogP contribution in [-0.4, -0.2) is 31.2 Å². The molecule has 17 heavy (non-hydrogen) atoms. The number of para-hydroxylation sites is 1. The molecule has 96 valence electrons. The molecule has 0 heterocycles. The summed E-state index contributed by atoms with van der Waals surface area (Å²) in [5.74, 6) is -0.0582. The van der Waals surface area contributed by atoms with E-state index in [1.54, 1.807) is 0 Å². The Balaban J connectivity index is 3.23. The van der Waals surface area contributed by atoms with Crippen molar-refractivity contribution in [3.05, 3.63) is 18.2 Å². The van der Waals surface area contributed by atoms with Gasteiger partial charge in [-0.05, 0) is 26.0 Å². The van der Waals surface area contributed by atoms with Crippen LogP contribution < -0.4 is 9.47 Å². The van der Waals surface area contributed by atoms with Gasteiger partial charge in [0.15, 0.2) is 34.8 Å². The van der Waals surface area contributed by atoms with E-state index in [1.807, 2.05) is 0 Å². The van der Waals surface area contributed by atoms with Crippen molar-refractivity contribution < 1.29 is 28.1 Å². The Morgan fingerprint density at radius 3 is 2.18 bits per heavy atom. The fraction of sp³-hybridized carbons (Fsp3) is 0.400. The lowest BCUT2D eigenvalue weighted by Crippen LogP contribution is -2.15. The number of ether oxygens (including phenoxy) is 2. The van der Waals surface area contributed by atoms with Crippen molar-refractivity contribution in [2.45, 2.75) is 31.3 Å². The van der Waals surface area contributed by atoms with Crippen LogP contribution in [0.2, 0.25) is 0 Å². The van der Waals surface area contributed by atoms with Crippen LogP contribution >= 0.6 is 0 Å². The Labute approximate surface area is 100 Å². The molecule has 0 fully saturated rings. The van der Waals surface area contributed by atoms with E-state index in [9.17, 15) is 8.42 Å². The molecule has 0 saturated heterocycles. The van der Waals surface area contributed by atoms with Gasteiger partial charge in [-0.25, -0.2) is 8.42 Å². The Bertz CT molecular complexity index is 444. The molecule has 1 rings (SSSR count). The standard InChI is InChI=1S/C10H14O6S/c1-6(11)15-8-4-3-5-9(17(13)14)10(8)16-7(2)12/h3-7,11-12,17H,1-2H3. The van der Waals surface area contributed by atoms with Gasteiger partial charge in [0, 0.05) is 0 Å². The quantitative estimate of drug-likeness (QED) is 0.514. The SMILES string of the molecule is CC(O)Oc1cccc([SH](=O)=O)c1OC(C)O. The van der Waals surface area contributed by atoms with Crippen molar-refractivity contribution in [1.82, 2.24) is 0 Å². The smallest absolute Gasteiger partial charge is 0.194 e. The van der Waals surface area contributed by atoms with Gasteiger partial charge in [0.2, 0.25) is 0 Å². The van der Waals surface area contributed by atoms with Crippen LogP contribution in [0, 0.1) is 0 Å². The van der Waals surface area contributed by atoms with Gasteiger partial charge in [0.25, 0.3) is 0 Å². The second kappa shape index (κ2) is 5.85. The van der Waals surface area contributed by atoms with Gasteiger partial charge in [-0.2, -0.15) is 0 Å². The first-order chi connectivity index (χ1) is 7.91. The van der Waals surface area contributed by atoms with Gasteiger partial charge in [-0.1, -0.05) is 6.07 Å². The van der Waals surface area contributed by atoms with E-state index in [0.29, 0.717) is 0 Å². The molecule has 2 atom stereocenters. The third-order valence-corrected chi connectivity index (χ3v) is 2.49. The minimum absolute atomic E-state index is 0.0533. The van der Waals surface area contributed by atoms with Crippen LogP contribution in [0.15, 0.2) is 23.1 Å². The monoisotopic (exact) mass is 262 g/mol. The average Bonchev–Trinajstić information content (AvgIpc) is 2.18. The maximum absolute atomic E-state index is 11.0. The summed E-state index contributed by atoms with van der Waals surface area (Å²) in [4.78, 5) is -0.112. The Morgan fingerprint density at radius 1 is 1.12 bits per heavy atom. The van der Waals surface area contributed by atoms with E-state index >= 15 is 0 Å². The molecule has 0 saturated carbocycles. The zero-order chi connectivity index (χ0) is 13.0. The third-order valence-electron chi connectivity index (χ3n) is 1.74. The normalized spacial score (nSPS) is 14.4. The zero-order valence-corrected chi connectivity index (χ0v) is 10.3. The van der Waals surface area contributed by atoms with Gasteiger partial charge in [0.1, 0.15) is 4.90 Å². The summed E-state index contributed by atoms with van der Waals surface area (Å²) in [6.45, 7) is 2.71. The molecule has 0 amide bonds. The predicted molar refractivity (Wildman–Crippen MR) is 59.6 cm³/mol. The number of hydrogen-bond acceptors (Lipinski definition) is 6. The van der Waals surface area contributed by atoms with Crippen LogP contribution in [0.4, 0.5) is 0 Å². The van der Waals surface area contributed by atoms with Crippen LogP contribution in [0.5, 0.6) is 11.5 Å². The van der Waals surface area contributed by atoms with E-state index in [1.165, 1.54) is 32.0 Å². The number of benzene rings is 1. The number of thiol groups is 1. The van der Waals surface area contributed by atoms with Crippen molar-refractivity contribution in [3.8, 4) is 11.5 Å². The second-order valence-corrected chi connectivity index (χ2v) is 4.29. The fourth-order valence-electron chi connectivity index (χ4n) is 1.21. The first-order valence-electron chi connectivity index (χ1n) is 4.88. The molecule has 0 radical (unpaired) electrons. The van der Waals surface area contributed by atoms with Gasteiger partial charge < -0.3 is 19.7 Å². The zero-order valence-electron chi connectivity index (χ0n) is 9.36. The van der Waals surface area contributed by atoms with Crippen molar-refractivity contribution >= 4 is 10.7 Å². The highest BCUT2D eigenvalue weighted by Crippen LogP contribution is 2.33. The van der Waals surface area contributed by atoms with Crippen molar-refractivity contribution in [1.29, 1.82) is 0 Å². The Hall–Kier alpha value is -1.31. The molecule has 0 aliphatic heterocycles.